The molecule has 1 fully saturated rings. The van der Waals surface area contributed by atoms with Crippen LogP contribution in [-0.4, -0.2) is 60.3 Å². The second-order valence-electron chi connectivity index (χ2n) is 6.50. The molecule has 3 N–H and O–H groups in total. The van der Waals surface area contributed by atoms with E-state index >= 15 is 0 Å². The molecule has 2 aromatic rings. The minimum Gasteiger partial charge on any atom is -0.384 e. The first kappa shape index (κ1) is 17.1. The van der Waals surface area contributed by atoms with Crippen LogP contribution in [0.4, 0.5) is 14.6 Å². The van der Waals surface area contributed by atoms with Crippen molar-refractivity contribution >= 4 is 5.82 Å². The summed E-state index contributed by atoms with van der Waals surface area (Å²) in [7, 11) is 0. The van der Waals surface area contributed by atoms with Gasteiger partial charge < -0.3 is 20.1 Å². The highest BCUT2D eigenvalue weighted by atomic mass is 19.3. The van der Waals surface area contributed by atoms with E-state index in [1.807, 2.05) is 9.47 Å². The number of anilines is 1. The average Bonchev–Trinajstić information content (AvgIpc) is 3.13. The molecule has 26 heavy (non-hydrogen) atoms. The van der Waals surface area contributed by atoms with Gasteiger partial charge in [0.2, 0.25) is 6.23 Å². The molecule has 2 aromatic heterocycles. The molecule has 0 saturated carbocycles. The summed E-state index contributed by atoms with van der Waals surface area (Å²) in [5, 5.41) is 10.1. The topological polar surface area (TPSA) is 111 Å². The van der Waals surface area contributed by atoms with E-state index < -0.39 is 30.0 Å². The summed E-state index contributed by atoms with van der Waals surface area (Å²) >= 11 is 0. The normalized spacial score (nSPS) is 28.2. The molecule has 0 aliphatic carbocycles. The van der Waals surface area contributed by atoms with Crippen LogP contribution in [0, 0.1) is 0 Å². The maximum atomic E-state index is 14.5. The number of imidazole rings is 1. The molecule has 140 valence electrons. The highest BCUT2D eigenvalue weighted by molar-refractivity contribution is 5.23. The fourth-order valence-corrected chi connectivity index (χ4v) is 3.37. The minimum absolute atomic E-state index is 0.0745. The molecule has 3 atom stereocenters. The number of nitrogen functional groups attached to an aromatic ring is 1. The number of aliphatic hydroxyl groups is 1. The van der Waals surface area contributed by atoms with Gasteiger partial charge in [0.15, 0.2) is 0 Å². The molecule has 2 aliphatic rings. The van der Waals surface area contributed by atoms with Gasteiger partial charge in [0.05, 0.1) is 12.0 Å². The Morgan fingerprint density at radius 2 is 2.23 bits per heavy atom. The van der Waals surface area contributed by atoms with Gasteiger partial charge in [-0.3, -0.25) is 9.47 Å². The zero-order valence-electron chi connectivity index (χ0n) is 13.7. The Morgan fingerprint density at radius 1 is 1.42 bits per heavy atom. The Hall–Kier alpha value is -2.37. The summed E-state index contributed by atoms with van der Waals surface area (Å²) in [6.45, 7) is 1.93. The van der Waals surface area contributed by atoms with Crippen LogP contribution in [0.15, 0.2) is 29.6 Å². The number of alkyl halides is 2. The third-order valence-corrected chi connectivity index (χ3v) is 4.76. The molecule has 0 bridgehead atoms. The number of hydrogen-bond donors (Lipinski definition) is 2. The SMILES string of the molecule is Nc1ccn([C@@H]2O[C@H](CN3CCn4cncc4C3)[C@@H](O)C2(F)F)c(=O)n1. The fourth-order valence-electron chi connectivity index (χ4n) is 3.37. The van der Waals surface area contributed by atoms with Gasteiger partial charge in [-0.25, -0.2) is 9.78 Å². The van der Waals surface area contributed by atoms with Crippen LogP contribution in [0.3, 0.4) is 0 Å². The lowest BCUT2D eigenvalue weighted by atomic mass is 10.1. The highest BCUT2D eigenvalue weighted by Crippen LogP contribution is 2.42. The van der Waals surface area contributed by atoms with Gasteiger partial charge in [-0.1, -0.05) is 0 Å². The van der Waals surface area contributed by atoms with Crippen LogP contribution in [0.25, 0.3) is 0 Å². The van der Waals surface area contributed by atoms with Crippen molar-refractivity contribution in [1.29, 1.82) is 0 Å². The van der Waals surface area contributed by atoms with E-state index in [-0.39, 0.29) is 12.4 Å². The smallest absolute Gasteiger partial charge is 0.351 e. The van der Waals surface area contributed by atoms with Crippen molar-refractivity contribution in [2.45, 2.75) is 37.4 Å². The van der Waals surface area contributed by atoms with Crippen molar-refractivity contribution in [3.05, 3.63) is 41.0 Å². The average molecular weight is 368 g/mol. The third kappa shape index (κ3) is 2.77. The third-order valence-electron chi connectivity index (χ3n) is 4.76. The molecule has 0 spiro atoms. The highest BCUT2D eigenvalue weighted by Gasteiger charge is 2.59. The Kier molecular flexibility index (Phi) is 4.01. The van der Waals surface area contributed by atoms with Crippen LogP contribution >= 0.6 is 0 Å². The van der Waals surface area contributed by atoms with Gasteiger partial charge in [-0.2, -0.15) is 13.8 Å². The summed E-state index contributed by atoms with van der Waals surface area (Å²) in [5.74, 6) is -3.71. The molecule has 0 unspecified atom stereocenters. The Labute approximate surface area is 146 Å². The standard InChI is InChI=1S/C15H18F2N6O3/c16-15(17)12(24)10(7-21-3-4-22-8-19-5-9(22)6-21)26-13(15)23-2-1-11(18)20-14(23)25/h1-2,5,8,10,12-13,24H,3-4,6-7H2,(H2,18,20,25)/t10-,12-,13-/m1/s1. The van der Waals surface area contributed by atoms with E-state index in [1.165, 1.54) is 6.07 Å². The predicted molar refractivity (Wildman–Crippen MR) is 85.3 cm³/mol. The number of aliphatic hydroxyl groups excluding tert-OH is 1. The van der Waals surface area contributed by atoms with E-state index in [4.69, 9.17) is 10.5 Å². The molecular formula is C15H18F2N6O3. The molecule has 2 aliphatic heterocycles. The zero-order valence-corrected chi connectivity index (χ0v) is 13.7. The molecule has 0 radical (unpaired) electrons. The van der Waals surface area contributed by atoms with Crippen LogP contribution in [-0.2, 0) is 17.8 Å². The summed E-state index contributed by atoms with van der Waals surface area (Å²) in [4.78, 5) is 21.3. The first-order chi connectivity index (χ1) is 12.4. The number of ether oxygens (including phenoxy) is 1. The van der Waals surface area contributed by atoms with E-state index in [0.29, 0.717) is 24.2 Å². The lowest BCUT2D eigenvalue weighted by Gasteiger charge is -2.30. The lowest BCUT2D eigenvalue weighted by molar-refractivity contribution is -0.140. The first-order valence-corrected chi connectivity index (χ1v) is 8.13. The first-order valence-electron chi connectivity index (χ1n) is 8.13. The lowest BCUT2D eigenvalue weighted by Crippen LogP contribution is -2.45. The maximum absolute atomic E-state index is 14.5. The molecule has 4 rings (SSSR count). The molecule has 11 heteroatoms. The van der Waals surface area contributed by atoms with Crippen molar-refractivity contribution in [2.75, 3.05) is 18.8 Å². The van der Waals surface area contributed by atoms with E-state index in [1.54, 1.807) is 12.5 Å². The Balaban J connectivity index is 1.53. The van der Waals surface area contributed by atoms with Crippen LogP contribution in [0.2, 0.25) is 0 Å². The number of nitrogens with zero attached hydrogens (tertiary/aromatic N) is 5. The molecule has 0 aromatic carbocycles. The summed E-state index contributed by atoms with van der Waals surface area (Å²) in [5.41, 5.74) is 5.40. The molecule has 1 saturated heterocycles. The van der Waals surface area contributed by atoms with Crippen molar-refractivity contribution in [1.82, 2.24) is 24.0 Å². The second kappa shape index (κ2) is 6.11. The number of rotatable bonds is 3. The van der Waals surface area contributed by atoms with E-state index in [0.717, 1.165) is 11.9 Å². The van der Waals surface area contributed by atoms with E-state index in [9.17, 15) is 18.7 Å². The number of fused-ring (bicyclic) bond motifs is 1. The van der Waals surface area contributed by atoms with Crippen molar-refractivity contribution in [3.63, 3.8) is 0 Å². The van der Waals surface area contributed by atoms with Gasteiger partial charge in [-0.15, -0.1) is 0 Å². The Bertz CT molecular complexity index is 869. The monoisotopic (exact) mass is 368 g/mol. The van der Waals surface area contributed by atoms with Crippen LogP contribution in [0.1, 0.15) is 11.9 Å². The van der Waals surface area contributed by atoms with Gasteiger partial charge in [-0.05, 0) is 6.07 Å². The molecule has 9 nitrogen and oxygen atoms in total. The van der Waals surface area contributed by atoms with E-state index in [2.05, 4.69) is 9.97 Å². The second-order valence-corrected chi connectivity index (χ2v) is 6.50. The molecule has 4 heterocycles. The largest absolute Gasteiger partial charge is 0.384 e. The van der Waals surface area contributed by atoms with Crippen LogP contribution in [0.5, 0.6) is 0 Å². The number of aromatic nitrogens is 4. The van der Waals surface area contributed by atoms with Gasteiger partial charge in [0.25, 0.3) is 0 Å². The summed E-state index contributed by atoms with van der Waals surface area (Å²) in [6.07, 6.45) is -0.582. The predicted octanol–water partition coefficient (Wildman–Crippen LogP) is -0.569. The zero-order chi connectivity index (χ0) is 18.5. The Morgan fingerprint density at radius 3 is 3.00 bits per heavy atom. The number of hydrogen-bond acceptors (Lipinski definition) is 7. The number of halogens is 2. The fraction of sp³-hybridized carbons (Fsp3) is 0.533. The maximum Gasteiger partial charge on any atom is 0.351 e. The van der Waals surface area contributed by atoms with Crippen LogP contribution < -0.4 is 11.4 Å². The summed E-state index contributed by atoms with van der Waals surface area (Å²) in [6, 6.07) is 1.23. The molecule has 0 amide bonds. The summed E-state index contributed by atoms with van der Waals surface area (Å²) < 4.78 is 37.1. The van der Waals surface area contributed by atoms with Crippen molar-refractivity contribution in [2.24, 2.45) is 0 Å². The number of nitrogens with two attached hydrogens (primary N) is 1. The minimum atomic E-state index is -3.64. The van der Waals surface area contributed by atoms with Gasteiger partial charge >= 0.3 is 11.6 Å². The van der Waals surface area contributed by atoms with Crippen molar-refractivity contribution in [3.8, 4) is 0 Å². The quantitative estimate of drug-likeness (QED) is 0.746. The van der Waals surface area contributed by atoms with Gasteiger partial charge in [0.1, 0.15) is 18.0 Å². The van der Waals surface area contributed by atoms with Crippen molar-refractivity contribution < 1.29 is 18.6 Å². The van der Waals surface area contributed by atoms with Gasteiger partial charge in [0, 0.05) is 38.6 Å². The molecular weight excluding hydrogens is 350 g/mol.